The number of nitrogens with one attached hydrogen (secondary N) is 2. The maximum absolute atomic E-state index is 12.4. The molecule has 0 saturated carbocycles. The summed E-state index contributed by atoms with van der Waals surface area (Å²) >= 11 is 0. The van der Waals surface area contributed by atoms with Gasteiger partial charge in [0.2, 0.25) is 5.91 Å². The van der Waals surface area contributed by atoms with E-state index in [1.807, 2.05) is 54.6 Å². The van der Waals surface area contributed by atoms with E-state index in [4.69, 9.17) is 15.9 Å². The summed E-state index contributed by atoms with van der Waals surface area (Å²) in [5, 5.41) is 9.64. The Morgan fingerprint density at radius 2 is 1.78 bits per heavy atom. The van der Waals surface area contributed by atoms with Gasteiger partial charge in [0.25, 0.3) is 0 Å². The highest BCUT2D eigenvalue weighted by atomic mass is 35.5. The molecule has 0 aromatic heterocycles. The van der Waals surface area contributed by atoms with Crippen molar-refractivity contribution >= 4 is 24.3 Å². The lowest BCUT2D eigenvalue weighted by molar-refractivity contribution is -0.121. The van der Waals surface area contributed by atoms with Gasteiger partial charge in [-0.25, -0.2) is 0 Å². The fourth-order valence-electron chi connectivity index (χ4n) is 2.36. The number of halogens is 1. The van der Waals surface area contributed by atoms with Crippen LogP contribution < -0.4 is 15.8 Å². The number of benzene rings is 2. The Hall–Kier alpha value is -2.53. The number of hydrogen-bond acceptors (Lipinski definition) is 3. The van der Waals surface area contributed by atoms with Crippen molar-refractivity contribution in [3.05, 3.63) is 65.7 Å². The van der Waals surface area contributed by atoms with Crippen LogP contribution in [0.15, 0.2) is 54.6 Å². The first kappa shape index (κ1) is 18.5. The summed E-state index contributed by atoms with van der Waals surface area (Å²) in [6.07, 6.45) is 0.465. The molecular weight excluding hydrogens is 314 g/mol. The minimum atomic E-state index is -0.443. The van der Waals surface area contributed by atoms with E-state index in [1.54, 1.807) is 7.11 Å². The zero-order valence-electron chi connectivity index (χ0n) is 12.8. The predicted molar refractivity (Wildman–Crippen MR) is 93.2 cm³/mol. The van der Waals surface area contributed by atoms with Crippen LogP contribution >= 0.6 is 12.4 Å². The van der Waals surface area contributed by atoms with E-state index in [0.717, 1.165) is 16.9 Å². The van der Waals surface area contributed by atoms with Gasteiger partial charge in [-0.05, 0) is 23.6 Å². The normalized spacial score (nSPS) is 11.0. The van der Waals surface area contributed by atoms with Crippen molar-refractivity contribution in [2.45, 2.75) is 12.3 Å². The van der Waals surface area contributed by atoms with E-state index in [2.05, 4.69) is 5.32 Å². The summed E-state index contributed by atoms with van der Waals surface area (Å²) in [4.78, 5) is 12.4. The average Bonchev–Trinajstić information content (AvgIpc) is 2.53. The van der Waals surface area contributed by atoms with Gasteiger partial charge in [-0.1, -0.05) is 48.5 Å². The molecule has 0 aliphatic heterocycles. The summed E-state index contributed by atoms with van der Waals surface area (Å²) in [5.41, 5.74) is 7.08. The van der Waals surface area contributed by atoms with E-state index in [0.29, 0.717) is 6.42 Å². The summed E-state index contributed by atoms with van der Waals surface area (Å²) in [7, 11) is 1.60. The molecular formula is C17H20ClN3O2. The van der Waals surface area contributed by atoms with Crippen LogP contribution in [0.5, 0.6) is 5.75 Å². The van der Waals surface area contributed by atoms with Gasteiger partial charge in [-0.2, -0.15) is 0 Å². The Morgan fingerprint density at radius 1 is 1.17 bits per heavy atom. The maximum Gasteiger partial charge on any atom is 0.234 e. The Labute approximate surface area is 141 Å². The van der Waals surface area contributed by atoms with Gasteiger partial charge >= 0.3 is 0 Å². The van der Waals surface area contributed by atoms with Gasteiger partial charge in [-0.15, -0.1) is 12.4 Å². The third-order valence-electron chi connectivity index (χ3n) is 3.39. The Balaban J connectivity index is 0.00000264. The van der Waals surface area contributed by atoms with Crippen molar-refractivity contribution in [3.63, 3.8) is 0 Å². The van der Waals surface area contributed by atoms with Crippen molar-refractivity contribution in [3.8, 4) is 5.75 Å². The molecule has 0 heterocycles. The molecule has 0 aliphatic carbocycles. The standard InChI is InChI=1S/C17H19N3O2.ClH/c1-22-15-10-6-5-9-13(15)11-14(16(21)20-17(18)19)12-7-3-2-4-8-12;/h2-10,14H,11H2,1H3,(H4,18,19,20,21);1H. The Kier molecular flexibility index (Phi) is 7.09. The molecule has 2 rings (SSSR count). The first-order valence-corrected chi connectivity index (χ1v) is 6.93. The van der Waals surface area contributed by atoms with Crippen LogP contribution in [0.3, 0.4) is 0 Å². The number of nitrogens with two attached hydrogens (primary N) is 1. The fraction of sp³-hybridized carbons (Fsp3) is 0.176. The van der Waals surface area contributed by atoms with E-state index < -0.39 is 5.92 Å². The van der Waals surface area contributed by atoms with Gasteiger partial charge in [0, 0.05) is 0 Å². The van der Waals surface area contributed by atoms with E-state index in [1.165, 1.54) is 0 Å². The van der Waals surface area contributed by atoms with Crippen molar-refractivity contribution in [2.75, 3.05) is 7.11 Å². The van der Waals surface area contributed by atoms with Crippen molar-refractivity contribution < 1.29 is 9.53 Å². The minimum Gasteiger partial charge on any atom is -0.496 e. The lowest BCUT2D eigenvalue weighted by atomic mass is 9.91. The monoisotopic (exact) mass is 333 g/mol. The number of carbonyl (C=O) groups is 1. The van der Waals surface area contributed by atoms with Crippen molar-refractivity contribution in [1.82, 2.24) is 5.32 Å². The lowest BCUT2D eigenvalue weighted by Crippen LogP contribution is -2.39. The first-order valence-electron chi connectivity index (χ1n) is 6.93. The van der Waals surface area contributed by atoms with Crippen LogP contribution in [0.2, 0.25) is 0 Å². The van der Waals surface area contributed by atoms with E-state index in [-0.39, 0.29) is 24.3 Å². The van der Waals surface area contributed by atoms with E-state index >= 15 is 0 Å². The molecule has 122 valence electrons. The highest BCUT2D eigenvalue weighted by Gasteiger charge is 2.22. The Morgan fingerprint density at radius 3 is 2.39 bits per heavy atom. The zero-order chi connectivity index (χ0) is 15.9. The molecule has 0 fully saturated rings. The third kappa shape index (κ3) is 5.00. The summed E-state index contributed by atoms with van der Waals surface area (Å²) < 4.78 is 5.34. The highest BCUT2D eigenvalue weighted by Crippen LogP contribution is 2.26. The first-order chi connectivity index (χ1) is 10.6. The topological polar surface area (TPSA) is 88.2 Å². The molecule has 1 amide bonds. The van der Waals surface area contributed by atoms with Crippen LogP contribution in [0.1, 0.15) is 17.0 Å². The minimum absolute atomic E-state index is 0. The van der Waals surface area contributed by atoms with Crippen LogP contribution in [0.25, 0.3) is 0 Å². The summed E-state index contributed by atoms with van der Waals surface area (Å²) in [6, 6.07) is 17.0. The fourth-order valence-corrected chi connectivity index (χ4v) is 2.36. The quantitative estimate of drug-likeness (QED) is 0.580. The average molecular weight is 334 g/mol. The number of para-hydroxylation sites is 1. The number of methoxy groups -OCH3 is 1. The molecule has 0 radical (unpaired) electrons. The van der Waals surface area contributed by atoms with Gasteiger partial charge in [-0.3, -0.25) is 15.5 Å². The molecule has 2 aromatic carbocycles. The van der Waals surface area contributed by atoms with Crippen LogP contribution in [-0.4, -0.2) is 19.0 Å². The largest absolute Gasteiger partial charge is 0.496 e. The van der Waals surface area contributed by atoms with Crippen molar-refractivity contribution in [2.24, 2.45) is 5.73 Å². The lowest BCUT2D eigenvalue weighted by Gasteiger charge is -2.18. The SMILES string of the molecule is COc1ccccc1CC(C(=O)NC(=N)N)c1ccccc1.Cl. The molecule has 0 aliphatic rings. The van der Waals surface area contributed by atoms with Crippen molar-refractivity contribution in [1.29, 1.82) is 5.41 Å². The molecule has 23 heavy (non-hydrogen) atoms. The second kappa shape index (κ2) is 8.80. The third-order valence-corrected chi connectivity index (χ3v) is 3.39. The second-order valence-corrected chi connectivity index (χ2v) is 4.88. The number of ether oxygens (including phenoxy) is 1. The highest BCUT2D eigenvalue weighted by molar-refractivity contribution is 5.98. The van der Waals surface area contributed by atoms with Gasteiger partial charge < -0.3 is 10.5 Å². The van der Waals surface area contributed by atoms with Crippen LogP contribution in [-0.2, 0) is 11.2 Å². The molecule has 0 saturated heterocycles. The van der Waals surface area contributed by atoms with Gasteiger partial charge in [0.05, 0.1) is 13.0 Å². The molecule has 0 spiro atoms. The van der Waals surface area contributed by atoms with Crippen LogP contribution in [0.4, 0.5) is 0 Å². The van der Waals surface area contributed by atoms with E-state index in [9.17, 15) is 4.79 Å². The van der Waals surface area contributed by atoms with Gasteiger partial charge in [0.15, 0.2) is 5.96 Å². The zero-order valence-corrected chi connectivity index (χ0v) is 13.6. The van der Waals surface area contributed by atoms with Gasteiger partial charge in [0.1, 0.15) is 5.75 Å². The smallest absolute Gasteiger partial charge is 0.234 e. The molecule has 1 unspecified atom stereocenters. The molecule has 2 aromatic rings. The molecule has 1 atom stereocenters. The Bertz CT molecular complexity index is 662. The molecule has 4 N–H and O–H groups in total. The predicted octanol–water partition coefficient (Wildman–Crippen LogP) is 2.45. The number of amides is 1. The number of carbonyl (C=O) groups excluding carboxylic acids is 1. The number of hydrogen-bond donors (Lipinski definition) is 3. The maximum atomic E-state index is 12.4. The summed E-state index contributed by atoms with van der Waals surface area (Å²) in [5.74, 6) is -0.365. The van der Waals surface area contributed by atoms with Crippen LogP contribution in [0, 0.1) is 5.41 Å². The molecule has 6 heteroatoms. The molecule has 0 bridgehead atoms. The number of guanidine groups is 1. The molecule has 5 nitrogen and oxygen atoms in total. The second-order valence-electron chi connectivity index (χ2n) is 4.88. The summed E-state index contributed by atoms with van der Waals surface area (Å²) in [6.45, 7) is 0. The number of rotatable bonds is 5.